The van der Waals surface area contributed by atoms with Crippen molar-refractivity contribution in [3.8, 4) is 28.5 Å². The maximum absolute atomic E-state index is 15.5. The highest BCUT2D eigenvalue weighted by Gasteiger charge is 2.34. The van der Waals surface area contributed by atoms with Gasteiger partial charge >= 0.3 is 0 Å². The van der Waals surface area contributed by atoms with Crippen molar-refractivity contribution in [2.75, 3.05) is 0 Å². The van der Waals surface area contributed by atoms with Crippen molar-refractivity contribution in [2.24, 2.45) is 0 Å². The van der Waals surface area contributed by atoms with E-state index in [-0.39, 0.29) is 11.3 Å². The molecule has 2 atom stereocenters. The highest BCUT2D eigenvalue weighted by atomic mass is 31.2. The lowest BCUT2D eigenvalue weighted by molar-refractivity contribution is 0.581. The molecule has 0 amide bonds. The van der Waals surface area contributed by atoms with Gasteiger partial charge in [-0.15, -0.1) is 0 Å². The fourth-order valence-electron chi connectivity index (χ4n) is 7.33. The third-order valence-electron chi connectivity index (χ3n) is 10.1. The predicted octanol–water partition coefficient (Wildman–Crippen LogP) is 9.14. The van der Waals surface area contributed by atoms with Gasteiger partial charge in [-0.2, -0.15) is 0 Å². The van der Waals surface area contributed by atoms with E-state index in [1.807, 2.05) is 141 Å². The summed E-state index contributed by atoms with van der Waals surface area (Å²) in [5, 5.41) is 4.99. The molecule has 8 rings (SSSR count). The lowest BCUT2D eigenvalue weighted by atomic mass is 10.1. The second-order valence-electron chi connectivity index (χ2n) is 13.8. The minimum Gasteiger partial charge on any atom is -0.313 e. The van der Waals surface area contributed by atoms with Gasteiger partial charge in [-0.1, -0.05) is 100 Å². The molecule has 53 heavy (non-hydrogen) atoms. The molecule has 9 heteroatoms. The van der Waals surface area contributed by atoms with Crippen LogP contribution in [0.2, 0.25) is 0 Å². The fraction of sp³-hybridized carbons (Fsp3) is 0.136. The van der Waals surface area contributed by atoms with Gasteiger partial charge in [0.2, 0.25) is 5.95 Å². The van der Waals surface area contributed by atoms with Gasteiger partial charge in [0.1, 0.15) is 14.3 Å². The van der Waals surface area contributed by atoms with E-state index in [1.165, 1.54) is 0 Å². The molecular weight excluding hydrogens is 692 g/mol. The number of pyridine rings is 2. The van der Waals surface area contributed by atoms with E-state index in [0.717, 1.165) is 65.5 Å². The van der Waals surface area contributed by atoms with Crippen LogP contribution in [0, 0.1) is 0 Å². The molecular formula is C44H39N5O2P2. The summed E-state index contributed by atoms with van der Waals surface area (Å²) in [6, 6.07) is 41.5. The number of hydrogen-bond acceptors (Lipinski definition) is 6. The van der Waals surface area contributed by atoms with Crippen LogP contribution >= 0.6 is 14.3 Å². The zero-order chi connectivity index (χ0) is 36.7. The van der Waals surface area contributed by atoms with Gasteiger partial charge in [0.25, 0.3) is 0 Å². The molecule has 8 aromatic rings. The van der Waals surface area contributed by atoms with Crippen molar-refractivity contribution in [3.05, 3.63) is 152 Å². The summed E-state index contributed by atoms with van der Waals surface area (Å²) in [7, 11) is -6.31. The van der Waals surface area contributed by atoms with Crippen molar-refractivity contribution < 1.29 is 9.13 Å². The molecule has 4 heterocycles. The van der Waals surface area contributed by atoms with Crippen LogP contribution in [0.5, 0.6) is 0 Å². The Morgan fingerprint density at radius 1 is 0.453 bits per heavy atom. The summed E-state index contributed by atoms with van der Waals surface area (Å²) in [6.45, 7) is 8.08. The van der Waals surface area contributed by atoms with Crippen LogP contribution < -0.4 is 21.2 Å². The Bertz CT molecular complexity index is 2530. The molecule has 0 spiro atoms. The highest BCUT2D eigenvalue weighted by Crippen LogP contribution is 2.51. The van der Waals surface area contributed by atoms with E-state index >= 15 is 9.13 Å². The van der Waals surface area contributed by atoms with Crippen LogP contribution in [0.3, 0.4) is 0 Å². The molecule has 4 aromatic carbocycles. The van der Waals surface area contributed by atoms with Crippen molar-refractivity contribution in [1.29, 1.82) is 0 Å². The van der Waals surface area contributed by atoms with Gasteiger partial charge in [0.05, 0.1) is 22.4 Å². The monoisotopic (exact) mass is 731 g/mol. The average molecular weight is 732 g/mol. The first-order chi connectivity index (χ1) is 25.7. The topological polar surface area (TPSA) is 90.6 Å². The van der Waals surface area contributed by atoms with E-state index in [2.05, 4.69) is 32.1 Å². The standard InChI is InChI=1S/C44H39N5O2P2/c1-30(2)52(50,34-14-9-12-32(26-34)40-16-5-7-22-45-40)36-18-20-38-39-21-19-37(29-43(39)49(42(38)28-36)44-47-24-11-25-48-44)53(51,31(3)4)35-15-10-13-33(27-35)41-17-6-8-23-46-41/h5-31H,1-4H3. The molecule has 0 aliphatic heterocycles. The van der Waals surface area contributed by atoms with Crippen molar-refractivity contribution in [1.82, 2.24) is 24.5 Å². The summed E-state index contributed by atoms with van der Waals surface area (Å²) in [6.07, 6.45) is 6.98. The molecule has 0 aliphatic carbocycles. The molecule has 2 unspecified atom stereocenters. The largest absolute Gasteiger partial charge is 0.313 e. The lowest BCUT2D eigenvalue weighted by Gasteiger charge is -2.24. The zero-order valence-corrected chi connectivity index (χ0v) is 31.8. The molecule has 7 nitrogen and oxygen atoms in total. The molecule has 0 bridgehead atoms. The smallest absolute Gasteiger partial charge is 0.234 e. The summed E-state index contributed by atoms with van der Waals surface area (Å²) < 4.78 is 32.9. The first-order valence-electron chi connectivity index (χ1n) is 17.8. The fourth-order valence-corrected chi connectivity index (χ4v) is 12.8. The normalized spacial score (nSPS) is 14.1. The first-order valence-corrected chi connectivity index (χ1v) is 21.3. The molecule has 0 radical (unpaired) electrons. The maximum atomic E-state index is 15.5. The summed E-state index contributed by atoms with van der Waals surface area (Å²) in [5.74, 6) is 0.481. The molecule has 0 saturated heterocycles. The second-order valence-corrected chi connectivity index (χ2v) is 20.6. The Morgan fingerprint density at radius 3 is 1.30 bits per heavy atom. The minimum absolute atomic E-state index is 0.171. The van der Waals surface area contributed by atoms with Gasteiger partial charge < -0.3 is 9.13 Å². The molecule has 0 N–H and O–H groups in total. The van der Waals surface area contributed by atoms with Crippen LogP contribution in [0.1, 0.15) is 27.7 Å². The number of hydrogen-bond donors (Lipinski definition) is 0. The van der Waals surface area contributed by atoms with Crippen LogP contribution in [0.25, 0.3) is 50.3 Å². The van der Waals surface area contributed by atoms with Gasteiger partial charge in [0, 0.05) is 79.2 Å². The van der Waals surface area contributed by atoms with E-state index in [0.29, 0.717) is 5.95 Å². The Morgan fingerprint density at radius 2 is 0.887 bits per heavy atom. The van der Waals surface area contributed by atoms with Gasteiger partial charge in [0.15, 0.2) is 0 Å². The van der Waals surface area contributed by atoms with Crippen LogP contribution in [-0.2, 0) is 9.13 Å². The predicted molar refractivity (Wildman–Crippen MR) is 220 cm³/mol. The van der Waals surface area contributed by atoms with E-state index in [9.17, 15) is 0 Å². The SMILES string of the molecule is CC(C)P(=O)(c1cccc(-c2ccccn2)c1)c1ccc2c3ccc(P(=O)(c4cccc(-c5ccccn5)c4)C(C)C)cc3n(-c3ncccn3)c2c1. The molecule has 0 fully saturated rings. The third-order valence-corrected chi connectivity index (χ3v) is 17.2. The highest BCUT2D eigenvalue weighted by molar-refractivity contribution is 7.79. The number of aromatic nitrogens is 5. The Hall–Kier alpha value is -5.48. The minimum atomic E-state index is -3.15. The van der Waals surface area contributed by atoms with Gasteiger partial charge in [-0.05, 0) is 54.6 Å². The molecule has 262 valence electrons. The average Bonchev–Trinajstić information content (AvgIpc) is 3.54. The zero-order valence-electron chi connectivity index (χ0n) is 30.0. The van der Waals surface area contributed by atoms with Crippen LogP contribution in [0.4, 0.5) is 0 Å². The number of rotatable bonds is 9. The number of fused-ring (bicyclic) bond motifs is 3. The van der Waals surface area contributed by atoms with Gasteiger partial charge in [-0.3, -0.25) is 14.5 Å². The van der Waals surface area contributed by atoms with Gasteiger partial charge in [-0.25, -0.2) is 9.97 Å². The second kappa shape index (κ2) is 13.8. The molecule has 0 saturated carbocycles. The van der Waals surface area contributed by atoms with E-state index < -0.39 is 14.3 Å². The lowest BCUT2D eigenvalue weighted by Crippen LogP contribution is -2.23. The molecule has 4 aromatic heterocycles. The number of benzene rings is 4. The van der Waals surface area contributed by atoms with Crippen LogP contribution in [-0.4, -0.2) is 35.8 Å². The third kappa shape index (κ3) is 5.95. The summed E-state index contributed by atoms with van der Waals surface area (Å²) in [5.41, 5.74) is 4.83. The van der Waals surface area contributed by atoms with Crippen molar-refractivity contribution in [3.63, 3.8) is 0 Å². The Balaban J connectivity index is 1.33. The quantitative estimate of drug-likeness (QED) is 0.138. The Kier molecular flexibility index (Phi) is 9.02. The number of nitrogens with zero attached hydrogens (tertiary/aromatic N) is 5. The summed E-state index contributed by atoms with van der Waals surface area (Å²) >= 11 is 0. The van der Waals surface area contributed by atoms with Crippen LogP contribution in [0.15, 0.2) is 152 Å². The van der Waals surface area contributed by atoms with E-state index in [1.54, 1.807) is 30.9 Å². The Labute approximate surface area is 309 Å². The maximum Gasteiger partial charge on any atom is 0.234 e. The molecule has 0 aliphatic rings. The van der Waals surface area contributed by atoms with Crippen molar-refractivity contribution in [2.45, 2.75) is 39.0 Å². The first kappa shape index (κ1) is 34.6. The summed E-state index contributed by atoms with van der Waals surface area (Å²) in [4.78, 5) is 18.4. The van der Waals surface area contributed by atoms with Crippen molar-refractivity contribution >= 4 is 57.3 Å². The van der Waals surface area contributed by atoms with E-state index in [4.69, 9.17) is 0 Å².